The zero-order chi connectivity index (χ0) is 13.9. The highest BCUT2D eigenvalue weighted by molar-refractivity contribution is 5.54. The van der Waals surface area contributed by atoms with Crippen LogP contribution in [0, 0.1) is 11.8 Å². The second-order valence-corrected chi connectivity index (χ2v) is 6.40. The SMILES string of the molecule is COc1ccc(CN2CCC3CCCCC3C2)cc1N. The lowest BCUT2D eigenvalue weighted by Gasteiger charge is -2.41. The number of hydrogen-bond donors (Lipinski definition) is 1. The van der Waals surface area contributed by atoms with Gasteiger partial charge in [-0.3, -0.25) is 4.90 Å². The second-order valence-electron chi connectivity index (χ2n) is 6.40. The fraction of sp³-hybridized carbons (Fsp3) is 0.647. The van der Waals surface area contributed by atoms with Gasteiger partial charge in [0.15, 0.2) is 0 Å². The van der Waals surface area contributed by atoms with Gasteiger partial charge in [-0.2, -0.15) is 0 Å². The Balaban J connectivity index is 1.62. The molecule has 1 aromatic rings. The minimum atomic E-state index is 0.748. The number of ether oxygens (including phenoxy) is 1. The third-order valence-corrected chi connectivity index (χ3v) is 5.08. The lowest BCUT2D eigenvalue weighted by molar-refractivity contribution is 0.0820. The van der Waals surface area contributed by atoms with E-state index in [0.717, 1.165) is 29.8 Å². The van der Waals surface area contributed by atoms with Crippen LogP contribution in [0.25, 0.3) is 0 Å². The van der Waals surface area contributed by atoms with Crippen molar-refractivity contribution < 1.29 is 4.74 Å². The summed E-state index contributed by atoms with van der Waals surface area (Å²) in [6, 6.07) is 6.19. The van der Waals surface area contributed by atoms with Gasteiger partial charge in [-0.15, -0.1) is 0 Å². The van der Waals surface area contributed by atoms with Crippen molar-refractivity contribution in [3.05, 3.63) is 23.8 Å². The zero-order valence-corrected chi connectivity index (χ0v) is 12.5. The number of benzene rings is 1. The number of nitrogens with zero attached hydrogens (tertiary/aromatic N) is 1. The molecule has 1 saturated heterocycles. The number of nitrogens with two attached hydrogens (primary N) is 1. The molecule has 0 bridgehead atoms. The average molecular weight is 274 g/mol. The van der Waals surface area contributed by atoms with E-state index in [9.17, 15) is 0 Å². The van der Waals surface area contributed by atoms with Crippen molar-refractivity contribution in [1.29, 1.82) is 0 Å². The Morgan fingerprint density at radius 1 is 1.20 bits per heavy atom. The van der Waals surface area contributed by atoms with Gasteiger partial charge in [0.25, 0.3) is 0 Å². The minimum absolute atomic E-state index is 0.748. The first-order valence-corrected chi connectivity index (χ1v) is 7.91. The number of rotatable bonds is 3. The first-order valence-electron chi connectivity index (χ1n) is 7.91. The molecule has 0 aromatic heterocycles. The predicted octanol–water partition coefficient (Wildman–Crippen LogP) is 3.29. The number of nitrogen functional groups attached to an aromatic ring is 1. The smallest absolute Gasteiger partial charge is 0.141 e. The van der Waals surface area contributed by atoms with Crippen LogP contribution in [0.15, 0.2) is 18.2 Å². The Hall–Kier alpha value is -1.22. The molecule has 1 aliphatic heterocycles. The number of methoxy groups -OCH3 is 1. The number of piperidine rings is 1. The van der Waals surface area contributed by atoms with Crippen LogP contribution in [0.2, 0.25) is 0 Å². The number of hydrogen-bond acceptors (Lipinski definition) is 3. The van der Waals surface area contributed by atoms with Crippen LogP contribution >= 0.6 is 0 Å². The summed E-state index contributed by atoms with van der Waals surface area (Å²) in [6.07, 6.45) is 7.18. The molecule has 1 heterocycles. The van der Waals surface area contributed by atoms with Crippen LogP contribution < -0.4 is 10.5 Å². The molecule has 1 aliphatic carbocycles. The predicted molar refractivity (Wildman–Crippen MR) is 82.7 cm³/mol. The van der Waals surface area contributed by atoms with Gasteiger partial charge in [0, 0.05) is 13.1 Å². The largest absolute Gasteiger partial charge is 0.495 e. The van der Waals surface area contributed by atoms with Crippen LogP contribution in [0.5, 0.6) is 5.75 Å². The van der Waals surface area contributed by atoms with Crippen LogP contribution in [0.3, 0.4) is 0 Å². The van der Waals surface area contributed by atoms with Crippen LogP contribution in [0.4, 0.5) is 5.69 Å². The van der Waals surface area contributed by atoms with E-state index in [1.165, 1.54) is 50.8 Å². The zero-order valence-electron chi connectivity index (χ0n) is 12.5. The van der Waals surface area contributed by atoms with Gasteiger partial charge in [-0.1, -0.05) is 25.3 Å². The van der Waals surface area contributed by atoms with Gasteiger partial charge in [0.1, 0.15) is 5.75 Å². The minimum Gasteiger partial charge on any atom is -0.495 e. The van der Waals surface area contributed by atoms with Gasteiger partial charge in [-0.05, 0) is 48.9 Å². The third-order valence-electron chi connectivity index (χ3n) is 5.08. The molecule has 20 heavy (non-hydrogen) atoms. The number of fused-ring (bicyclic) bond motifs is 1. The molecule has 0 spiro atoms. The summed E-state index contributed by atoms with van der Waals surface area (Å²) in [7, 11) is 1.67. The molecular weight excluding hydrogens is 248 g/mol. The quantitative estimate of drug-likeness (QED) is 0.860. The Kier molecular flexibility index (Phi) is 4.16. The fourth-order valence-corrected chi connectivity index (χ4v) is 3.96. The molecule has 1 saturated carbocycles. The molecule has 0 radical (unpaired) electrons. The van der Waals surface area contributed by atoms with Crippen LogP contribution in [-0.4, -0.2) is 25.1 Å². The van der Waals surface area contributed by atoms with Crippen molar-refractivity contribution in [3.8, 4) is 5.75 Å². The van der Waals surface area contributed by atoms with Gasteiger partial charge in [0.05, 0.1) is 12.8 Å². The second kappa shape index (κ2) is 6.04. The molecule has 2 fully saturated rings. The topological polar surface area (TPSA) is 38.5 Å². The van der Waals surface area contributed by atoms with Crippen LogP contribution in [-0.2, 0) is 6.54 Å². The summed E-state index contributed by atoms with van der Waals surface area (Å²) in [6.45, 7) is 3.54. The van der Waals surface area contributed by atoms with E-state index in [2.05, 4.69) is 17.0 Å². The highest BCUT2D eigenvalue weighted by Crippen LogP contribution is 2.36. The molecule has 3 rings (SSSR count). The van der Waals surface area contributed by atoms with Crippen molar-refractivity contribution in [2.45, 2.75) is 38.6 Å². The first kappa shape index (κ1) is 13.7. The van der Waals surface area contributed by atoms with Gasteiger partial charge in [-0.25, -0.2) is 0 Å². The third kappa shape index (κ3) is 2.93. The van der Waals surface area contributed by atoms with E-state index in [1.807, 2.05) is 6.07 Å². The maximum absolute atomic E-state index is 6.00. The Morgan fingerprint density at radius 2 is 2.00 bits per heavy atom. The van der Waals surface area contributed by atoms with E-state index in [4.69, 9.17) is 10.5 Å². The fourth-order valence-electron chi connectivity index (χ4n) is 3.96. The van der Waals surface area contributed by atoms with E-state index in [-0.39, 0.29) is 0 Å². The molecule has 110 valence electrons. The van der Waals surface area contributed by atoms with Crippen molar-refractivity contribution in [2.24, 2.45) is 11.8 Å². The Labute approximate surface area is 122 Å². The van der Waals surface area contributed by atoms with Crippen LogP contribution in [0.1, 0.15) is 37.7 Å². The maximum Gasteiger partial charge on any atom is 0.141 e. The molecule has 2 aliphatic rings. The van der Waals surface area contributed by atoms with Gasteiger partial charge < -0.3 is 10.5 Å². The molecule has 2 unspecified atom stereocenters. The van der Waals surface area contributed by atoms with Gasteiger partial charge in [0.2, 0.25) is 0 Å². The lowest BCUT2D eigenvalue weighted by Crippen LogP contribution is -2.41. The normalized spacial score (nSPS) is 27.1. The maximum atomic E-state index is 6.00. The molecule has 0 amide bonds. The van der Waals surface area contributed by atoms with Crippen molar-refractivity contribution >= 4 is 5.69 Å². The summed E-state index contributed by atoms with van der Waals surface area (Å²) in [5, 5.41) is 0. The summed E-state index contributed by atoms with van der Waals surface area (Å²) in [4.78, 5) is 2.60. The molecular formula is C17H26N2O. The Bertz CT molecular complexity index is 460. The summed E-state index contributed by atoms with van der Waals surface area (Å²) >= 11 is 0. The lowest BCUT2D eigenvalue weighted by atomic mass is 9.75. The summed E-state index contributed by atoms with van der Waals surface area (Å²) < 4.78 is 5.22. The van der Waals surface area contributed by atoms with E-state index < -0.39 is 0 Å². The van der Waals surface area contributed by atoms with Crippen molar-refractivity contribution in [2.75, 3.05) is 25.9 Å². The molecule has 2 N–H and O–H groups in total. The van der Waals surface area contributed by atoms with Gasteiger partial charge >= 0.3 is 0 Å². The molecule has 3 heteroatoms. The number of anilines is 1. The highest BCUT2D eigenvalue weighted by Gasteiger charge is 2.30. The van der Waals surface area contributed by atoms with E-state index in [0.29, 0.717) is 0 Å². The summed E-state index contributed by atoms with van der Waals surface area (Å²) in [5.74, 6) is 2.72. The van der Waals surface area contributed by atoms with E-state index in [1.54, 1.807) is 7.11 Å². The van der Waals surface area contributed by atoms with E-state index >= 15 is 0 Å². The molecule has 2 atom stereocenters. The Morgan fingerprint density at radius 3 is 2.75 bits per heavy atom. The highest BCUT2D eigenvalue weighted by atomic mass is 16.5. The average Bonchev–Trinajstić information content (AvgIpc) is 2.47. The standard InChI is InChI=1S/C17H26N2O/c1-20-17-7-6-13(10-16(17)18)11-19-9-8-14-4-2-3-5-15(14)12-19/h6-7,10,14-15H,2-5,8-9,11-12,18H2,1H3. The molecule has 1 aromatic carbocycles. The first-order chi connectivity index (χ1) is 9.76. The van der Waals surface area contributed by atoms with Crippen molar-refractivity contribution in [1.82, 2.24) is 4.90 Å². The number of likely N-dealkylation sites (tertiary alicyclic amines) is 1. The summed E-state index contributed by atoms with van der Waals surface area (Å²) in [5.41, 5.74) is 8.05. The monoisotopic (exact) mass is 274 g/mol. The van der Waals surface area contributed by atoms with Crippen molar-refractivity contribution in [3.63, 3.8) is 0 Å². The molecule has 3 nitrogen and oxygen atoms in total.